The van der Waals surface area contributed by atoms with E-state index in [-0.39, 0.29) is 5.91 Å². The largest absolute Gasteiger partial charge is 0.346 e. The second-order valence-corrected chi connectivity index (χ2v) is 6.53. The first-order valence-electron chi connectivity index (χ1n) is 8.33. The highest BCUT2D eigenvalue weighted by molar-refractivity contribution is 5.79. The lowest BCUT2D eigenvalue weighted by atomic mass is 10.1. The van der Waals surface area contributed by atoms with Gasteiger partial charge in [0.25, 0.3) is 0 Å². The summed E-state index contributed by atoms with van der Waals surface area (Å²) >= 11 is 0. The van der Waals surface area contributed by atoms with Crippen LogP contribution in [0.4, 0.5) is 0 Å². The third-order valence-corrected chi connectivity index (χ3v) is 4.80. The van der Waals surface area contributed by atoms with E-state index < -0.39 is 0 Å². The number of aromatic nitrogens is 4. The SMILES string of the molecule is Cc1cnc([C@H]2CCN(C(=O)Cc3c(C)nc4ccccn34)C2)[nH]1. The Bertz CT molecular complexity index is 894. The van der Waals surface area contributed by atoms with Crippen molar-refractivity contribution in [3.63, 3.8) is 0 Å². The molecular weight excluding hydrogens is 302 g/mol. The molecule has 1 atom stereocenters. The zero-order valence-electron chi connectivity index (χ0n) is 14.0. The van der Waals surface area contributed by atoms with Crippen LogP contribution in [0.2, 0.25) is 0 Å². The Morgan fingerprint density at radius 1 is 1.38 bits per heavy atom. The average Bonchev–Trinajstić information content (AvgIpc) is 3.27. The van der Waals surface area contributed by atoms with Gasteiger partial charge in [0.05, 0.1) is 17.8 Å². The van der Waals surface area contributed by atoms with Gasteiger partial charge >= 0.3 is 0 Å². The molecule has 4 heterocycles. The van der Waals surface area contributed by atoms with Crippen molar-refractivity contribution in [1.82, 2.24) is 24.3 Å². The number of hydrogen-bond acceptors (Lipinski definition) is 3. The highest BCUT2D eigenvalue weighted by Gasteiger charge is 2.29. The Labute approximate surface area is 140 Å². The van der Waals surface area contributed by atoms with E-state index in [1.54, 1.807) is 0 Å². The Kier molecular flexibility index (Phi) is 3.59. The number of pyridine rings is 1. The topological polar surface area (TPSA) is 66.3 Å². The first-order valence-corrected chi connectivity index (χ1v) is 8.33. The lowest BCUT2D eigenvalue weighted by Crippen LogP contribution is -2.30. The van der Waals surface area contributed by atoms with Crippen molar-refractivity contribution in [2.75, 3.05) is 13.1 Å². The number of fused-ring (bicyclic) bond motifs is 1. The first kappa shape index (κ1) is 14.9. The molecule has 124 valence electrons. The molecule has 3 aromatic rings. The van der Waals surface area contributed by atoms with Gasteiger partial charge in [0.15, 0.2) is 0 Å². The quantitative estimate of drug-likeness (QED) is 0.804. The van der Waals surface area contributed by atoms with Crippen molar-refractivity contribution in [3.8, 4) is 0 Å². The molecule has 0 bridgehead atoms. The van der Waals surface area contributed by atoms with E-state index in [1.165, 1.54) is 0 Å². The Morgan fingerprint density at radius 2 is 2.25 bits per heavy atom. The maximum Gasteiger partial charge on any atom is 0.228 e. The van der Waals surface area contributed by atoms with Crippen LogP contribution < -0.4 is 0 Å². The third kappa shape index (κ3) is 2.58. The van der Waals surface area contributed by atoms with Gasteiger partial charge in [0.1, 0.15) is 11.5 Å². The highest BCUT2D eigenvalue weighted by atomic mass is 16.2. The Balaban J connectivity index is 1.49. The fourth-order valence-electron chi connectivity index (χ4n) is 3.48. The van der Waals surface area contributed by atoms with E-state index in [4.69, 9.17) is 0 Å². The summed E-state index contributed by atoms with van der Waals surface area (Å²) in [6, 6.07) is 5.89. The van der Waals surface area contributed by atoms with Crippen molar-refractivity contribution in [2.24, 2.45) is 0 Å². The van der Waals surface area contributed by atoms with Crippen molar-refractivity contribution in [1.29, 1.82) is 0 Å². The van der Waals surface area contributed by atoms with Gasteiger partial charge in [0.2, 0.25) is 5.91 Å². The summed E-state index contributed by atoms with van der Waals surface area (Å²) < 4.78 is 2.01. The summed E-state index contributed by atoms with van der Waals surface area (Å²) in [5.74, 6) is 1.47. The zero-order chi connectivity index (χ0) is 16.7. The molecule has 1 saturated heterocycles. The summed E-state index contributed by atoms with van der Waals surface area (Å²) in [7, 11) is 0. The summed E-state index contributed by atoms with van der Waals surface area (Å²) in [6.07, 6.45) is 5.17. The van der Waals surface area contributed by atoms with Crippen molar-refractivity contribution >= 4 is 11.6 Å². The van der Waals surface area contributed by atoms with Crippen molar-refractivity contribution in [2.45, 2.75) is 32.6 Å². The van der Waals surface area contributed by atoms with Gasteiger partial charge in [-0.1, -0.05) is 6.07 Å². The van der Waals surface area contributed by atoms with Crippen LogP contribution in [0.1, 0.15) is 35.2 Å². The summed E-state index contributed by atoms with van der Waals surface area (Å²) in [6.45, 7) is 5.50. The number of carbonyl (C=O) groups is 1. The molecule has 0 radical (unpaired) electrons. The van der Waals surface area contributed by atoms with Gasteiger partial charge in [-0.25, -0.2) is 9.97 Å². The van der Waals surface area contributed by atoms with Crippen molar-refractivity contribution in [3.05, 3.63) is 53.5 Å². The lowest BCUT2D eigenvalue weighted by molar-refractivity contribution is -0.129. The highest BCUT2D eigenvalue weighted by Crippen LogP contribution is 2.26. The van der Waals surface area contributed by atoms with E-state index in [0.717, 1.165) is 48.1 Å². The number of amides is 1. The van der Waals surface area contributed by atoms with Crippen LogP contribution >= 0.6 is 0 Å². The standard InChI is InChI=1S/C18H21N5O/c1-12-10-19-18(20-12)14-6-8-22(11-14)17(24)9-15-13(2)21-16-5-3-4-7-23(15)16/h3-5,7,10,14H,6,8-9,11H2,1-2H3,(H,19,20)/t14-/m0/s1. The minimum absolute atomic E-state index is 0.162. The number of hydrogen-bond donors (Lipinski definition) is 1. The van der Waals surface area contributed by atoms with Gasteiger partial charge in [0, 0.05) is 37.1 Å². The molecule has 3 aromatic heterocycles. The molecule has 1 amide bonds. The summed E-state index contributed by atoms with van der Waals surface area (Å²) in [5, 5.41) is 0. The van der Waals surface area contributed by atoms with Crippen LogP contribution in [0.3, 0.4) is 0 Å². The second-order valence-electron chi connectivity index (χ2n) is 6.53. The minimum Gasteiger partial charge on any atom is -0.346 e. The maximum atomic E-state index is 12.7. The van der Waals surface area contributed by atoms with E-state index in [2.05, 4.69) is 15.0 Å². The summed E-state index contributed by atoms with van der Waals surface area (Å²) in [5.41, 5.74) is 3.86. The number of H-pyrrole nitrogens is 1. The average molecular weight is 323 g/mol. The lowest BCUT2D eigenvalue weighted by Gasteiger charge is -2.16. The van der Waals surface area contributed by atoms with Gasteiger partial charge in [-0.05, 0) is 32.4 Å². The first-order chi connectivity index (χ1) is 11.6. The predicted octanol–water partition coefficient (Wildman–Crippen LogP) is 2.23. The molecular formula is C18H21N5O. The molecule has 0 spiro atoms. The van der Waals surface area contributed by atoms with E-state index in [1.807, 2.05) is 53.7 Å². The number of aryl methyl sites for hydroxylation is 2. The Morgan fingerprint density at radius 3 is 3.04 bits per heavy atom. The molecule has 6 nitrogen and oxygen atoms in total. The molecule has 0 saturated carbocycles. The van der Waals surface area contributed by atoms with Crippen LogP contribution in [0, 0.1) is 13.8 Å². The number of imidazole rings is 2. The van der Waals surface area contributed by atoms with Crippen LogP contribution in [-0.4, -0.2) is 43.2 Å². The molecule has 1 fully saturated rings. The zero-order valence-corrected chi connectivity index (χ0v) is 14.0. The molecule has 4 rings (SSSR count). The molecule has 0 aliphatic carbocycles. The minimum atomic E-state index is 0.162. The molecule has 24 heavy (non-hydrogen) atoms. The second kappa shape index (κ2) is 5.78. The van der Waals surface area contributed by atoms with Crippen LogP contribution in [0.5, 0.6) is 0 Å². The van der Waals surface area contributed by atoms with Gasteiger partial charge in [-0.2, -0.15) is 0 Å². The molecule has 0 unspecified atom stereocenters. The number of likely N-dealkylation sites (tertiary alicyclic amines) is 1. The normalized spacial score (nSPS) is 17.8. The number of rotatable bonds is 3. The number of nitrogens with one attached hydrogen (secondary N) is 1. The van der Waals surface area contributed by atoms with E-state index in [0.29, 0.717) is 12.3 Å². The molecule has 6 heteroatoms. The number of aromatic amines is 1. The van der Waals surface area contributed by atoms with Crippen LogP contribution in [-0.2, 0) is 11.2 Å². The molecule has 0 aromatic carbocycles. The smallest absolute Gasteiger partial charge is 0.228 e. The Hall–Kier alpha value is -2.63. The van der Waals surface area contributed by atoms with Gasteiger partial charge < -0.3 is 14.3 Å². The van der Waals surface area contributed by atoms with Crippen molar-refractivity contribution < 1.29 is 4.79 Å². The van der Waals surface area contributed by atoms with E-state index in [9.17, 15) is 4.79 Å². The monoisotopic (exact) mass is 323 g/mol. The number of nitrogens with zero attached hydrogens (tertiary/aromatic N) is 4. The molecule has 1 aliphatic rings. The fraction of sp³-hybridized carbons (Fsp3) is 0.389. The third-order valence-electron chi connectivity index (χ3n) is 4.80. The predicted molar refractivity (Wildman–Crippen MR) is 90.9 cm³/mol. The molecule has 1 aliphatic heterocycles. The van der Waals surface area contributed by atoms with Gasteiger partial charge in [-0.3, -0.25) is 4.79 Å². The van der Waals surface area contributed by atoms with Crippen LogP contribution in [0.25, 0.3) is 5.65 Å². The van der Waals surface area contributed by atoms with Crippen LogP contribution in [0.15, 0.2) is 30.6 Å². The molecule has 1 N–H and O–H groups in total. The fourth-order valence-corrected chi connectivity index (χ4v) is 3.48. The van der Waals surface area contributed by atoms with E-state index >= 15 is 0 Å². The summed E-state index contributed by atoms with van der Waals surface area (Å²) in [4.78, 5) is 26.9. The number of carbonyl (C=O) groups excluding carboxylic acids is 1. The maximum absolute atomic E-state index is 12.7. The van der Waals surface area contributed by atoms with Gasteiger partial charge in [-0.15, -0.1) is 0 Å².